The highest BCUT2D eigenvalue weighted by atomic mass is 15.5. The van der Waals surface area contributed by atoms with Gasteiger partial charge in [0.25, 0.3) is 0 Å². The molecule has 0 saturated carbocycles. The molecule has 1 unspecified atom stereocenters. The van der Waals surface area contributed by atoms with Gasteiger partial charge in [0.15, 0.2) is 5.84 Å². The lowest BCUT2D eigenvalue weighted by molar-refractivity contribution is 0.341. The number of amidine groups is 3. The van der Waals surface area contributed by atoms with Crippen molar-refractivity contribution >= 4 is 28.9 Å². The Kier molecular flexibility index (Phi) is 3.33. The molecule has 3 heterocycles. The van der Waals surface area contributed by atoms with Crippen LogP contribution in [-0.4, -0.2) is 28.7 Å². The van der Waals surface area contributed by atoms with Gasteiger partial charge in [0.1, 0.15) is 17.5 Å². The Morgan fingerprint density at radius 3 is 2.33 bits per heavy atom. The van der Waals surface area contributed by atoms with Crippen molar-refractivity contribution in [3.63, 3.8) is 0 Å². The van der Waals surface area contributed by atoms with Crippen LogP contribution in [0.2, 0.25) is 0 Å². The zero-order chi connectivity index (χ0) is 18.4. The molecule has 3 aliphatic heterocycles. The van der Waals surface area contributed by atoms with Crippen LogP contribution in [0.25, 0.3) is 0 Å². The van der Waals surface area contributed by atoms with E-state index in [1.807, 2.05) is 71.7 Å². The van der Waals surface area contributed by atoms with Gasteiger partial charge in [-0.15, -0.1) is 0 Å². The van der Waals surface area contributed by atoms with E-state index >= 15 is 0 Å². The maximum atomic E-state index is 6.14. The van der Waals surface area contributed by atoms with Crippen molar-refractivity contribution in [3.05, 3.63) is 83.7 Å². The van der Waals surface area contributed by atoms with E-state index in [0.29, 0.717) is 23.0 Å². The number of aliphatic imine (C=N–C) groups is 3. The molecule has 27 heavy (non-hydrogen) atoms. The molecule has 1 atom stereocenters. The summed E-state index contributed by atoms with van der Waals surface area (Å²) >= 11 is 0. The third-order valence-corrected chi connectivity index (χ3v) is 4.60. The standard InChI is InChI=1S/C20H17N7/c21-14-8-3-1-6-12(14)18-23-16-10-5-11-17-24-19(26-20(25-18)27(16)17)13-7-2-4-9-15(13)22/h1-11,20H,21-22H2,(H,23,25). The van der Waals surface area contributed by atoms with Crippen molar-refractivity contribution in [3.8, 4) is 0 Å². The van der Waals surface area contributed by atoms with Crippen LogP contribution in [0.15, 0.2) is 87.6 Å². The zero-order valence-electron chi connectivity index (χ0n) is 14.4. The Labute approximate surface area is 156 Å². The van der Waals surface area contributed by atoms with E-state index in [-0.39, 0.29) is 6.29 Å². The summed E-state index contributed by atoms with van der Waals surface area (Å²) in [5.74, 6) is 2.80. The Hall–Kier alpha value is -3.87. The Bertz CT molecular complexity index is 1090. The molecule has 132 valence electrons. The Morgan fingerprint density at radius 2 is 1.59 bits per heavy atom. The highest BCUT2D eigenvalue weighted by Gasteiger charge is 2.34. The molecule has 7 nitrogen and oxygen atoms in total. The minimum atomic E-state index is -0.379. The molecule has 5 rings (SSSR count). The van der Waals surface area contributed by atoms with Crippen LogP contribution >= 0.6 is 0 Å². The first kappa shape index (κ1) is 15.4. The molecule has 0 bridgehead atoms. The van der Waals surface area contributed by atoms with Crippen LogP contribution in [0.5, 0.6) is 0 Å². The molecule has 0 amide bonds. The van der Waals surface area contributed by atoms with Gasteiger partial charge in [0, 0.05) is 22.5 Å². The molecule has 3 aliphatic rings. The quantitative estimate of drug-likeness (QED) is 0.717. The van der Waals surface area contributed by atoms with Crippen molar-refractivity contribution in [2.24, 2.45) is 15.0 Å². The number of nitrogens with zero attached hydrogens (tertiary/aromatic N) is 4. The van der Waals surface area contributed by atoms with Gasteiger partial charge >= 0.3 is 0 Å². The first-order valence-electron chi connectivity index (χ1n) is 8.60. The van der Waals surface area contributed by atoms with Crippen LogP contribution in [0.1, 0.15) is 11.1 Å². The number of nitrogens with two attached hydrogens (primary N) is 2. The molecular weight excluding hydrogens is 338 g/mol. The molecule has 5 N–H and O–H groups in total. The van der Waals surface area contributed by atoms with Crippen molar-refractivity contribution in [1.29, 1.82) is 0 Å². The topological polar surface area (TPSA) is 104 Å². The summed E-state index contributed by atoms with van der Waals surface area (Å²) in [5, 5.41) is 3.37. The van der Waals surface area contributed by atoms with E-state index < -0.39 is 0 Å². The molecule has 0 radical (unpaired) electrons. The minimum Gasteiger partial charge on any atom is -0.398 e. The molecule has 0 aliphatic carbocycles. The van der Waals surface area contributed by atoms with Gasteiger partial charge in [-0.2, -0.15) is 0 Å². The number of benzene rings is 2. The summed E-state index contributed by atoms with van der Waals surface area (Å²) in [7, 11) is 0. The highest BCUT2D eigenvalue weighted by Crippen LogP contribution is 2.28. The largest absolute Gasteiger partial charge is 0.398 e. The van der Waals surface area contributed by atoms with Crippen molar-refractivity contribution in [2.45, 2.75) is 6.29 Å². The number of para-hydroxylation sites is 2. The molecule has 0 saturated heterocycles. The monoisotopic (exact) mass is 355 g/mol. The van der Waals surface area contributed by atoms with Crippen LogP contribution < -0.4 is 16.8 Å². The number of rotatable bonds is 2. The summed E-state index contributed by atoms with van der Waals surface area (Å²) in [6.45, 7) is 0. The second kappa shape index (κ2) is 5.84. The van der Waals surface area contributed by atoms with Gasteiger partial charge < -0.3 is 16.8 Å². The molecule has 0 aromatic heterocycles. The Morgan fingerprint density at radius 1 is 0.889 bits per heavy atom. The summed E-state index contributed by atoms with van der Waals surface area (Å²) < 4.78 is 0. The van der Waals surface area contributed by atoms with Gasteiger partial charge in [-0.25, -0.2) is 15.0 Å². The van der Waals surface area contributed by atoms with Gasteiger partial charge in [-0.05, 0) is 36.4 Å². The van der Waals surface area contributed by atoms with Gasteiger partial charge in [-0.1, -0.05) is 30.3 Å². The maximum absolute atomic E-state index is 6.14. The maximum Gasteiger partial charge on any atom is 0.206 e. The summed E-state index contributed by atoms with van der Waals surface area (Å²) in [6.07, 6.45) is 5.42. The third-order valence-electron chi connectivity index (χ3n) is 4.60. The molecular formula is C20H17N7. The lowest BCUT2D eigenvalue weighted by atomic mass is 10.1. The number of nitrogens with one attached hydrogen (secondary N) is 1. The normalized spacial score (nSPS) is 20.0. The number of allylic oxidation sites excluding steroid dienone is 2. The molecule has 2 aromatic rings. The number of hydrogen-bond acceptors (Lipinski definition) is 7. The summed E-state index contributed by atoms with van der Waals surface area (Å²) in [6, 6.07) is 15.2. The molecule has 0 fully saturated rings. The average Bonchev–Trinajstić information content (AvgIpc) is 2.68. The minimum absolute atomic E-state index is 0.379. The van der Waals surface area contributed by atoms with E-state index in [1.165, 1.54) is 0 Å². The predicted molar refractivity (Wildman–Crippen MR) is 108 cm³/mol. The Balaban J connectivity index is 1.62. The second-order valence-electron chi connectivity index (χ2n) is 6.33. The fourth-order valence-electron chi connectivity index (χ4n) is 3.29. The third kappa shape index (κ3) is 2.48. The summed E-state index contributed by atoms with van der Waals surface area (Å²) in [4.78, 5) is 16.1. The molecule has 7 heteroatoms. The van der Waals surface area contributed by atoms with E-state index in [1.54, 1.807) is 0 Å². The predicted octanol–water partition coefficient (Wildman–Crippen LogP) is 2.06. The smallest absolute Gasteiger partial charge is 0.206 e. The van der Waals surface area contributed by atoms with Crippen molar-refractivity contribution in [1.82, 2.24) is 10.2 Å². The zero-order valence-corrected chi connectivity index (χ0v) is 14.4. The number of hydrogen-bond donors (Lipinski definition) is 3. The van der Waals surface area contributed by atoms with Crippen LogP contribution in [0, 0.1) is 0 Å². The average molecular weight is 355 g/mol. The van der Waals surface area contributed by atoms with E-state index in [0.717, 1.165) is 22.8 Å². The second-order valence-corrected chi connectivity index (χ2v) is 6.33. The van der Waals surface area contributed by atoms with Crippen LogP contribution in [0.4, 0.5) is 11.4 Å². The highest BCUT2D eigenvalue weighted by molar-refractivity contribution is 6.14. The fourth-order valence-corrected chi connectivity index (χ4v) is 3.29. The molecule has 2 aromatic carbocycles. The number of nitrogen functional groups attached to an aromatic ring is 2. The van der Waals surface area contributed by atoms with Gasteiger partial charge in [-0.3, -0.25) is 4.90 Å². The first-order valence-corrected chi connectivity index (χ1v) is 8.60. The van der Waals surface area contributed by atoms with E-state index in [4.69, 9.17) is 21.5 Å². The van der Waals surface area contributed by atoms with Crippen LogP contribution in [-0.2, 0) is 0 Å². The van der Waals surface area contributed by atoms with Crippen molar-refractivity contribution < 1.29 is 0 Å². The van der Waals surface area contributed by atoms with E-state index in [9.17, 15) is 0 Å². The SMILES string of the molecule is Nc1ccccc1C1=NC2NC(c3ccccc3N)=NC3=CC=CC(=N1)N32. The van der Waals surface area contributed by atoms with Gasteiger partial charge in [0.2, 0.25) is 6.29 Å². The van der Waals surface area contributed by atoms with E-state index in [2.05, 4.69) is 10.3 Å². The fraction of sp³-hybridized carbons (Fsp3) is 0.0500. The van der Waals surface area contributed by atoms with Crippen molar-refractivity contribution in [2.75, 3.05) is 11.5 Å². The molecule has 0 spiro atoms. The van der Waals surface area contributed by atoms with Crippen LogP contribution in [0.3, 0.4) is 0 Å². The lowest BCUT2D eigenvalue weighted by Crippen LogP contribution is -2.55. The first-order chi connectivity index (χ1) is 13.2. The number of anilines is 2. The van der Waals surface area contributed by atoms with Gasteiger partial charge in [0.05, 0.1) is 0 Å². The summed E-state index contributed by atoms with van der Waals surface area (Å²) in [5.41, 5.74) is 15.2. The lowest BCUT2D eigenvalue weighted by Gasteiger charge is -2.39.